The smallest absolute Gasteiger partial charge is 0.294 e. The molecule has 9 heteroatoms. The lowest BCUT2D eigenvalue weighted by Crippen LogP contribution is -2.44. The Kier molecular flexibility index (Phi) is 3.98. The normalized spacial score (nSPS) is 17.6. The molecule has 0 radical (unpaired) electrons. The number of hydrogen-bond acceptors (Lipinski definition) is 6. The Labute approximate surface area is 143 Å². The Morgan fingerprint density at radius 2 is 2.08 bits per heavy atom. The molecule has 0 spiro atoms. The van der Waals surface area contributed by atoms with E-state index in [1.165, 1.54) is 17.3 Å². The van der Waals surface area contributed by atoms with Crippen molar-refractivity contribution >= 4 is 5.91 Å². The fourth-order valence-electron chi connectivity index (χ4n) is 2.87. The fraction of sp³-hybridized carbons (Fsp3) is 0.312. The molecule has 1 atom stereocenters. The van der Waals surface area contributed by atoms with Crippen LogP contribution in [0.3, 0.4) is 0 Å². The van der Waals surface area contributed by atoms with Crippen LogP contribution >= 0.6 is 0 Å². The molecule has 3 heterocycles. The summed E-state index contributed by atoms with van der Waals surface area (Å²) in [5.41, 5.74) is 0.879. The fourth-order valence-corrected chi connectivity index (χ4v) is 2.87. The van der Waals surface area contributed by atoms with Crippen LogP contribution < -0.4 is 0 Å². The lowest BCUT2D eigenvalue weighted by Gasteiger charge is -2.34. The highest BCUT2D eigenvalue weighted by Crippen LogP contribution is 2.25. The highest BCUT2D eigenvalue weighted by molar-refractivity contribution is 5.90. The average Bonchev–Trinajstić information content (AvgIpc) is 3.31. The second kappa shape index (κ2) is 6.44. The SMILES string of the molecule is Cn1cnc(C(=O)N2CCOCC2c2ncnn2-c2ccccc2)n1. The Bertz CT molecular complexity index is 874. The van der Waals surface area contributed by atoms with Crippen LogP contribution in [0.15, 0.2) is 43.0 Å². The zero-order valence-corrected chi connectivity index (χ0v) is 13.7. The van der Waals surface area contributed by atoms with Gasteiger partial charge in [-0.15, -0.1) is 5.10 Å². The first kappa shape index (κ1) is 15.5. The number of aromatic nitrogens is 6. The number of hydrogen-bond donors (Lipinski definition) is 0. The van der Waals surface area contributed by atoms with Crippen molar-refractivity contribution in [3.63, 3.8) is 0 Å². The number of morpholine rings is 1. The van der Waals surface area contributed by atoms with Crippen LogP contribution in [0.1, 0.15) is 22.5 Å². The lowest BCUT2D eigenvalue weighted by atomic mass is 10.2. The first-order chi connectivity index (χ1) is 12.2. The van der Waals surface area contributed by atoms with Crippen molar-refractivity contribution < 1.29 is 9.53 Å². The van der Waals surface area contributed by atoms with Crippen molar-refractivity contribution in [2.75, 3.05) is 19.8 Å². The van der Waals surface area contributed by atoms with Gasteiger partial charge in [-0.1, -0.05) is 18.2 Å². The molecule has 0 aliphatic carbocycles. The summed E-state index contributed by atoms with van der Waals surface area (Å²) in [6, 6.07) is 9.32. The van der Waals surface area contributed by atoms with E-state index in [2.05, 4.69) is 20.2 Å². The molecule has 4 rings (SSSR count). The van der Waals surface area contributed by atoms with Gasteiger partial charge in [-0.05, 0) is 12.1 Å². The van der Waals surface area contributed by atoms with Gasteiger partial charge in [0.15, 0.2) is 5.82 Å². The Balaban J connectivity index is 1.69. The maximum absolute atomic E-state index is 12.8. The second-order valence-corrected chi connectivity index (χ2v) is 5.70. The highest BCUT2D eigenvalue weighted by Gasteiger charge is 2.34. The predicted octanol–water partition coefficient (Wildman–Crippen LogP) is 0.609. The maximum Gasteiger partial charge on any atom is 0.294 e. The molecular formula is C16H17N7O2. The minimum atomic E-state index is -0.354. The second-order valence-electron chi connectivity index (χ2n) is 5.70. The molecule has 0 bridgehead atoms. The summed E-state index contributed by atoms with van der Waals surface area (Å²) in [4.78, 5) is 23.0. The van der Waals surface area contributed by atoms with Crippen molar-refractivity contribution in [2.24, 2.45) is 7.05 Å². The minimum absolute atomic E-state index is 0.167. The van der Waals surface area contributed by atoms with Gasteiger partial charge in [-0.3, -0.25) is 9.48 Å². The molecule has 9 nitrogen and oxygen atoms in total. The number of para-hydroxylation sites is 1. The van der Waals surface area contributed by atoms with E-state index in [-0.39, 0.29) is 17.8 Å². The Hall–Kier alpha value is -3.07. The van der Waals surface area contributed by atoms with Gasteiger partial charge in [0.1, 0.15) is 18.7 Å². The van der Waals surface area contributed by atoms with Gasteiger partial charge in [0.25, 0.3) is 5.91 Å². The van der Waals surface area contributed by atoms with E-state index < -0.39 is 0 Å². The van der Waals surface area contributed by atoms with Gasteiger partial charge in [0.2, 0.25) is 5.82 Å². The summed E-state index contributed by atoms with van der Waals surface area (Å²) >= 11 is 0. The van der Waals surface area contributed by atoms with Gasteiger partial charge < -0.3 is 9.64 Å². The van der Waals surface area contributed by atoms with E-state index in [0.717, 1.165) is 5.69 Å². The number of nitrogens with zero attached hydrogens (tertiary/aromatic N) is 7. The van der Waals surface area contributed by atoms with Gasteiger partial charge >= 0.3 is 0 Å². The third kappa shape index (κ3) is 2.89. The van der Waals surface area contributed by atoms with E-state index in [9.17, 15) is 4.79 Å². The quantitative estimate of drug-likeness (QED) is 0.694. The minimum Gasteiger partial charge on any atom is -0.377 e. The zero-order valence-electron chi connectivity index (χ0n) is 13.7. The molecular weight excluding hydrogens is 322 g/mol. The molecule has 0 saturated carbocycles. The van der Waals surface area contributed by atoms with Crippen LogP contribution in [-0.2, 0) is 11.8 Å². The van der Waals surface area contributed by atoms with E-state index in [1.807, 2.05) is 30.3 Å². The lowest BCUT2D eigenvalue weighted by molar-refractivity contribution is -0.00643. The number of carbonyl (C=O) groups excluding carboxylic acids is 1. The number of carbonyl (C=O) groups is 1. The molecule has 3 aromatic rings. The Morgan fingerprint density at radius 1 is 1.24 bits per heavy atom. The van der Waals surface area contributed by atoms with E-state index in [1.54, 1.807) is 16.6 Å². The van der Waals surface area contributed by atoms with E-state index >= 15 is 0 Å². The van der Waals surface area contributed by atoms with E-state index in [0.29, 0.717) is 25.6 Å². The first-order valence-electron chi connectivity index (χ1n) is 7.94. The number of amides is 1. The van der Waals surface area contributed by atoms with Crippen molar-refractivity contribution in [3.05, 3.63) is 54.6 Å². The van der Waals surface area contributed by atoms with Crippen LogP contribution in [0.25, 0.3) is 5.69 Å². The van der Waals surface area contributed by atoms with Crippen molar-refractivity contribution in [2.45, 2.75) is 6.04 Å². The predicted molar refractivity (Wildman–Crippen MR) is 87.0 cm³/mol. The standard InChI is InChI=1S/C16H17N7O2/c1-21-11-18-14(20-21)16(24)22-7-8-25-9-13(22)15-17-10-19-23(15)12-5-3-2-4-6-12/h2-6,10-11,13H,7-9H2,1H3. The monoisotopic (exact) mass is 339 g/mol. The molecule has 1 aliphatic heterocycles. The summed E-state index contributed by atoms with van der Waals surface area (Å²) in [5, 5.41) is 8.42. The van der Waals surface area contributed by atoms with Crippen LogP contribution in [0, 0.1) is 0 Å². The highest BCUT2D eigenvalue weighted by atomic mass is 16.5. The zero-order chi connectivity index (χ0) is 17.2. The molecule has 2 aromatic heterocycles. The van der Waals surface area contributed by atoms with Crippen LogP contribution in [-0.4, -0.2) is 60.1 Å². The largest absolute Gasteiger partial charge is 0.377 e. The number of benzene rings is 1. The van der Waals surface area contributed by atoms with Gasteiger partial charge in [0, 0.05) is 13.6 Å². The average molecular weight is 339 g/mol. The van der Waals surface area contributed by atoms with Crippen molar-refractivity contribution in [3.8, 4) is 5.69 Å². The van der Waals surface area contributed by atoms with E-state index in [4.69, 9.17) is 4.74 Å². The molecule has 128 valence electrons. The molecule has 0 N–H and O–H groups in total. The van der Waals surface area contributed by atoms with Crippen LogP contribution in [0.4, 0.5) is 0 Å². The third-order valence-corrected chi connectivity index (χ3v) is 4.05. The Morgan fingerprint density at radius 3 is 2.84 bits per heavy atom. The van der Waals surface area contributed by atoms with Crippen LogP contribution in [0.2, 0.25) is 0 Å². The molecule has 25 heavy (non-hydrogen) atoms. The van der Waals surface area contributed by atoms with Crippen molar-refractivity contribution in [1.29, 1.82) is 0 Å². The molecule has 1 amide bonds. The molecule has 1 aliphatic rings. The summed E-state index contributed by atoms with van der Waals surface area (Å²) in [7, 11) is 1.73. The maximum atomic E-state index is 12.8. The number of rotatable bonds is 3. The van der Waals surface area contributed by atoms with Crippen LogP contribution in [0.5, 0.6) is 0 Å². The summed E-state index contributed by atoms with van der Waals surface area (Å²) in [5.74, 6) is 0.576. The first-order valence-corrected chi connectivity index (χ1v) is 7.94. The summed E-state index contributed by atoms with van der Waals surface area (Å²) in [6.45, 7) is 1.27. The van der Waals surface area contributed by atoms with Gasteiger partial charge in [-0.25, -0.2) is 14.6 Å². The molecule has 1 fully saturated rings. The number of aryl methyl sites for hydroxylation is 1. The summed E-state index contributed by atoms with van der Waals surface area (Å²) in [6.07, 6.45) is 2.99. The molecule has 1 aromatic carbocycles. The third-order valence-electron chi connectivity index (χ3n) is 4.05. The van der Waals surface area contributed by atoms with Gasteiger partial charge in [-0.2, -0.15) is 5.10 Å². The number of ether oxygens (including phenoxy) is 1. The topological polar surface area (TPSA) is 91.0 Å². The molecule has 1 unspecified atom stereocenters. The molecule has 1 saturated heterocycles. The van der Waals surface area contributed by atoms with Crippen molar-refractivity contribution in [1.82, 2.24) is 34.4 Å². The summed E-state index contributed by atoms with van der Waals surface area (Å²) < 4.78 is 8.83. The van der Waals surface area contributed by atoms with Gasteiger partial charge in [0.05, 0.1) is 18.9 Å².